The first kappa shape index (κ1) is 18.1. The molecule has 1 unspecified atom stereocenters. The third kappa shape index (κ3) is 4.03. The average Bonchev–Trinajstić information content (AvgIpc) is 3.16. The molecule has 0 aliphatic carbocycles. The van der Waals surface area contributed by atoms with E-state index in [9.17, 15) is 5.11 Å². The van der Waals surface area contributed by atoms with E-state index in [2.05, 4.69) is 57.4 Å². The molecule has 6 nitrogen and oxygen atoms in total. The molecule has 6 heteroatoms. The molecule has 1 N–H and O–H groups in total. The van der Waals surface area contributed by atoms with Crippen LogP contribution in [0.15, 0.2) is 47.1 Å². The number of rotatable bonds is 6. The second-order valence-corrected chi connectivity index (χ2v) is 7.35. The van der Waals surface area contributed by atoms with Gasteiger partial charge in [-0.25, -0.2) is 4.63 Å². The van der Waals surface area contributed by atoms with Crippen molar-refractivity contribution in [2.45, 2.75) is 32.5 Å². The molecule has 2 aromatic carbocycles. The van der Waals surface area contributed by atoms with Crippen molar-refractivity contribution < 1.29 is 9.74 Å². The molecule has 0 radical (unpaired) electrons. The SMILES string of the molecule is Cc1ccccc1CN1CCN(Cc2cccc3nonc23)CC1CCO. The van der Waals surface area contributed by atoms with E-state index in [0.717, 1.165) is 55.7 Å². The minimum absolute atomic E-state index is 0.214. The summed E-state index contributed by atoms with van der Waals surface area (Å²) in [5.41, 5.74) is 5.49. The maximum Gasteiger partial charge on any atom is 0.139 e. The summed E-state index contributed by atoms with van der Waals surface area (Å²) in [6.07, 6.45) is 0.790. The van der Waals surface area contributed by atoms with Crippen LogP contribution in [-0.4, -0.2) is 57.5 Å². The Labute approximate surface area is 159 Å². The number of hydrogen-bond donors (Lipinski definition) is 1. The highest BCUT2D eigenvalue weighted by atomic mass is 16.6. The fourth-order valence-electron chi connectivity index (χ4n) is 3.97. The summed E-state index contributed by atoms with van der Waals surface area (Å²) >= 11 is 0. The van der Waals surface area contributed by atoms with Crippen molar-refractivity contribution in [3.63, 3.8) is 0 Å². The summed E-state index contributed by atoms with van der Waals surface area (Å²) in [5.74, 6) is 0. The van der Waals surface area contributed by atoms with Gasteiger partial charge < -0.3 is 5.11 Å². The van der Waals surface area contributed by atoms with Crippen molar-refractivity contribution in [1.82, 2.24) is 20.1 Å². The van der Waals surface area contributed by atoms with E-state index in [-0.39, 0.29) is 6.61 Å². The van der Waals surface area contributed by atoms with Gasteiger partial charge in [0.1, 0.15) is 11.0 Å². The fourth-order valence-corrected chi connectivity index (χ4v) is 3.97. The van der Waals surface area contributed by atoms with Gasteiger partial charge in [0.2, 0.25) is 0 Å². The van der Waals surface area contributed by atoms with E-state index in [1.54, 1.807) is 0 Å². The first-order valence-corrected chi connectivity index (χ1v) is 9.56. The molecule has 1 saturated heterocycles. The lowest BCUT2D eigenvalue weighted by Crippen LogP contribution is -2.52. The molecule has 27 heavy (non-hydrogen) atoms. The summed E-state index contributed by atoms with van der Waals surface area (Å²) in [7, 11) is 0. The number of benzene rings is 2. The summed E-state index contributed by atoms with van der Waals surface area (Å²) < 4.78 is 4.89. The van der Waals surface area contributed by atoms with Crippen molar-refractivity contribution in [2.24, 2.45) is 0 Å². The zero-order valence-corrected chi connectivity index (χ0v) is 15.7. The highest BCUT2D eigenvalue weighted by Crippen LogP contribution is 2.22. The van der Waals surface area contributed by atoms with Crippen molar-refractivity contribution in [3.05, 3.63) is 59.2 Å². The number of nitrogens with zero attached hydrogens (tertiary/aromatic N) is 4. The summed E-state index contributed by atoms with van der Waals surface area (Å²) in [4.78, 5) is 4.95. The molecule has 0 spiro atoms. The van der Waals surface area contributed by atoms with E-state index in [1.165, 1.54) is 11.1 Å². The lowest BCUT2D eigenvalue weighted by atomic mass is 10.0. The third-order valence-electron chi connectivity index (χ3n) is 5.55. The summed E-state index contributed by atoms with van der Waals surface area (Å²) in [6.45, 7) is 7.07. The lowest BCUT2D eigenvalue weighted by Gasteiger charge is -2.41. The first-order chi connectivity index (χ1) is 13.2. The number of aliphatic hydroxyl groups is 1. The monoisotopic (exact) mass is 366 g/mol. The second-order valence-electron chi connectivity index (χ2n) is 7.35. The van der Waals surface area contributed by atoms with Gasteiger partial charge in [0.05, 0.1) is 0 Å². The lowest BCUT2D eigenvalue weighted by molar-refractivity contribution is 0.0500. The predicted octanol–water partition coefficient (Wildman–Crippen LogP) is 2.60. The molecule has 1 fully saturated rings. The zero-order valence-electron chi connectivity index (χ0n) is 15.7. The highest BCUT2D eigenvalue weighted by Gasteiger charge is 2.27. The van der Waals surface area contributed by atoms with Gasteiger partial charge in [0.25, 0.3) is 0 Å². The number of aliphatic hydroxyl groups excluding tert-OH is 1. The second kappa shape index (κ2) is 8.17. The van der Waals surface area contributed by atoms with E-state index < -0.39 is 0 Å². The summed E-state index contributed by atoms with van der Waals surface area (Å²) in [6, 6.07) is 14.9. The highest BCUT2D eigenvalue weighted by molar-refractivity contribution is 5.76. The van der Waals surface area contributed by atoms with Crippen LogP contribution in [0.25, 0.3) is 11.0 Å². The molecule has 4 rings (SSSR count). The fraction of sp³-hybridized carbons (Fsp3) is 0.429. The van der Waals surface area contributed by atoms with Gasteiger partial charge in [-0.15, -0.1) is 0 Å². The summed E-state index contributed by atoms with van der Waals surface area (Å²) in [5, 5.41) is 17.6. The quantitative estimate of drug-likeness (QED) is 0.723. The Hall–Kier alpha value is -2.28. The average molecular weight is 366 g/mol. The van der Waals surface area contributed by atoms with Crippen LogP contribution in [0.2, 0.25) is 0 Å². The molecule has 1 atom stereocenters. The van der Waals surface area contributed by atoms with Gasteiger partial charge in [-0.05, 0) is 46.4 Å². The molecule has 1 aromatic heterocycles. The molecule has 0 saturated carbocycles. The standard InChI is InChI=1S/C21H26N4O2/c1-16-5-2-3-6-17(16)14-25-11-10-24(15-19(25)9-12-26)13-18-7-4-8-20-21(18)23-27-22-20/h2-8,19,26H,9-15H2,1H3. The molecular weight excluding hydrogens is 340 g/mol. The molecule has 0 bridgehead atoms. The molecule has 3 aromatic rings. The Bertz CT molecular complexity index is 895. The van der Waals surface area contributed by atoms with Crippen LogP contribution < -0.4 is 0 Å². The minimum atomic E-state index is 0.214. The van der Waals surface area contributed by atoms with Crippen molar-refractivity contribution in [1.29, 1.82) is 0 Å². The van der Waals surface area contributed by atoms with Crippen molar-refractivity contribution >= 4 is 11.0 Å². The van der Waals surface area contributed by atoms with E-state index in [1.807, 2.05) is 12.1 Å². The molecule has 1 aliphatic rings. The Morgan fingerprint density at radius 1 is 1.04 bits per heavy atom. The Kier molecular flexibility index (Phi) is 5.48. The van der Waals surface area contributed by atoms with Gasteiger partial charge in [0.15, 0.2) is 0 Å². The third-order valence-corrected chi connectivity index (χ3v) is 5.55. The maximum absolute atomic E-state index is 9.57. The normalized spacial score (nSPS) is 19.0. The van der Waals surface area contributed by atoms with Gasteiger partial charge in [-0.2, -0.15) is 0 Å². The van der Waals surface area contributed by atoms with Crippen molar-refractivity contribution in [3.8, 4) is 0 Å². The Morgan fingerprint density at radius 3 is 2.74 bits per heavy atom. The van der Waals surface area contributed by atoms with Crippen LogP contribution >= 0.6 is 0 Å². The molecule has 1 aliphatic heterocycles. The molecule has 0 amide bonds. The molecular formula is C21H26N4O2. The molecule has 142 valence electrons. The molecule has 2 heterocycles. The van der Waals surface area contributed by atoms with E-state index >= 15 is 0 Å². The van der Waals surface area contributed by atoms with E-state index in [4.69, 9.17) is 4.63 Å². The van der Waals surface area contributed by atoms with Gasteiger partial charge in [-0.1, -0.05) is 36.4 Å². The van der Waals surface area contributed by atoms with E-state index in [0.29, 0.717) is 6.04 Å². The largest absolute Gasteiger partial charge is 0.396 e. The van der Waals surface area contributed by atoms with Crippen LogP contribution in [0.4, 0.5) is 0 Å². The maximum atomic E-state index is 9.57. The first-order valence-electron chi connectivity index (χ1n) is 9.56. The predicted molar refractivity (Wildman–Crippen MR) is 104 cm³/mol. The number of hydrogen-bond acceptors (Lipinski definition) is 6. The van der Waals surface area contributed by atoms with Gasteiger partial charge in [0, 0.05) is 45.4 Å². The Balaban J connectivity index is 1.46. The number of fused-ring (bicyclic) bond motifs is 1. The smallest absolute Gasteiger partial charge is 0.139 e. The van der Waals surface area contributed by atoms with Crippen LogP contribution in [0.5, 0.6) is 0 Å². The minimum Gasteiger partial charge on any atom is -0.396 e. The van der Waals surface area contributed by atoms with Gasteiger partial charge in [-0.3, -0.25) is 9.80 Å². The zero-order chi connectivity index (χ0) is 18.6. The van der Waals surface area contributed by atoms with Gasteiger partial charge >= 0.3 is 0 Å². The number of aromatic nitrogens is 2. The van der Waals surface area contributed by atoms with Crippen LogP contribution in [-0.2, 0) is 13.1 Å². The number of aryl methyl sites for hydroxylation is 1. The Morgan fingerprint density at radius 2 is 1.89 bits per heavy atom. The van der Waals surface area contributed by atoms with Crippen LogP contribution in [0.1, 0.15) is 23.1 Å². The van der Waals surface area contributed by atoms with Crippen LogP contribution in [0.3, 0.4) is 0 Å². The number of piperazine rings is 1. The van der Waals surface area contributed by atoms with Crippen molar-refractivity contribution in [2.75, 3.05) is 26.2 Å². The topological polar surface area (TPSA) is 65.6 Å². The van der Waals surface area contributed by atoms with Crippen LogP contribution in [0, 0.1) is 6.92 Å².